The minimum absolute atomic E-state index is 0.177. The van der Waals surface area contributed by atoms with E-state index < -0.39 is 10.0 Å². The quantitative estimate of drug-likeness (QED) is 0.687. The lowest BCUT2D eigenvalue weighted by Crippen LogP contribution is -2.24. The summed E-state index contributed by atoms with van der Waals surface area (Å²) in [6, 6.07) is 13.7. The molecule has 0 unspecified atom stereocenters. The van der Waals surface area contributed by atoms with E-state index in [1.165, 1.54) is 19.1 Å². The number of hydrogen-bond acceptors (Lipinski definition) is 3. The fraction of sp³-hybridized carbons (Fsp3) is 0.278. The van der Waals surface area contributed by atoms with Crippen molar-refractivity contribution in [1.29, 1.82) is 0 Å². The van der Waals surface area contributed by atoms with Gasteiger partial charge in [0.25, 0.3) is 0 Å². The van der Waals surface area contributed by atoms with Gasteiger partial charge in [0, 0.05) is 24.2 Å². The molecule has 134 valence electrons. The number of hydrogen-bond donors (Lipinski definition) is 2. The lowest BCUT2D eigenvalue weighted by Gasteiger charge is -2.08. The highest BCUT2D eigenvalue weighted by atomic mass is 35.5. The number of carbonyl (C=O) groups excluding carboxylic acids is 1. The molecule has 25 heavy (non-hydrogen) atoms. The van der Waals surface area contributed by atoms with E-state index >= 15 is 0 Å². The maximum atomic E-state index is 12.2. The highest BCUT2D eigenvalue weighted by Gasteiger charge is 2.13. The molecule has 2 aromatic rings. The van der Waals surface area contributed by atoms with Gasteiger partial charge in [-0.15, -0.1) is 0 Å². The van der Waals surface area contributed by atoms with E-state index in [1.54, 1.807) is 12.1 Å². The van der Waals surface area contributed by atoms with Crippen LogP contribution in [0.4, 0.5) is 5.69 Å². The molecule has 0 aromatic heterocycles. The topological polar surface area (TPSA) is 75.3 Å². The van der Waals surface area contributed by atoms with Crippen LogP contribution < -0.4 is 10.0 Å². The number of nitrogens with one attached hydrogen (secondary N) is 2. The average Bonchev–Trinajstić information content (AvgIpc) is 2.54. The van der Waals surface area contributed by atoms with Gasteiger partial charge in [-0.1, -0.05) is 23.7 Å². The van der Waals surface area contributed by atoms with Gasteiger partial charge in [0.05, 0.1) is 4.90 Å². The maximum Gasteiger partial charge on any atom is 0.240 e. The summed E-state index contributed by atoms with van der Waals surface area (Å²) >= 11 is 5.94. The normalized spacial score (nSPS) is 11.3. The average molecular weight is 381 g/mol. The molecule has 2 aromatic carbocycles. The monoisotopic (exact) mass is 380 g/mol. The van der Waals surface area contributed by atoms with Crippen LogP contribution in [0, 0.1) is 0 Å². The van der Waals surface area contributed by atoms with Gasteiger partial charge in [-0.3, -0.25) is 4.79 Å². The Labute approximate surface area is 153 Å². The highest BCUT2D eigenvalue weighted by molar-refractivity contribution is 7.89. The first kappa shape index (κ1) is 19.4. The first-order valence-electron chi connectivity index (χ1n) is 7.98. The lowest BCUT2D eigenvalue weighted by atomic mass is 10.1. The van der Waals surface area contributed by atoms with Gasteiger partial charge in [-0.05, 0) is 61.2 Å². The van der Waals surface area contributed by atoms with Gasteiger partial charge in [0.15, 0.2) is 0 Å². The van der Waals surface area contributed by atoms with Crippen molar-refractivity contribution in [3.63, 3.8) is 0 Å². The third-order valence-electron chi connectivity index (χ3n) is 3.56. The van der Waals surface area contributed by atoms with E-state index in [1.807, 2.05) is 24.3 Å². The van der Waals surface area contributed by atoms with Gasteiger partial charge in [-0.2, -0.15) is 0 Å². The van der Waals surface area contributed by atoms with Crippen LogP contribution in [0.5, 0.6) is 0 Å². The smallest absolute Gasteiger partial charge is 0.240 e. The van der Waals surface area contributed by atoms with Crippen LogP contribution in [0.3, 0.4) is 0 Å². The summed E-state index contributed by atoms with van der Waals surface area (Å²) < 4.78 is 27.0. The number of sulfonamides is 1. The predicted molar refractivity (Wildman–Crippen MR) is 100 cm³/mol. The van der Waals surface area contributed by atoms with Crippen molar-refractivity contribution in [1.82, 2.24) is 4.72 Å². The third-order valence-corrected chi connectivity index (χ3v) is 5.27. The van der Waals surface area contributed by atoms with Crippen molar-refractivity contribution in [2.24, 2.45) is 0 Å². The van der Waals surface area contributed by atoms with Crippen molar-refractivity contribution in [3.8, 4) is 0 Å². The number of halogens is 1. The molecule has 0 aliphatic carbocycles. The number of amides is 1. The summed E-state index contributed by atoms with van der Waals surface area (Å²) in [6.07, 6.45) is 2.45. The number of unbranched alkanes of at least 4 members (excludes halogenated alkanes) is 1. The molecule has 0 saturated heterocycles. The van der Waals surface area contributed by atoms with Crippen LogP contribution in [-0.4, -0.2) is 20.9 Å². The van der Waals surface area contributed by atoms with Gasteiger partial charge in [-0.25, -0.2) is 13.1 Å². The molecule has 0 radical (unpaired) electrons. The number of benzene rings is 2. The van der Waals surface area contributed by atoms with Crippen molar-refractivity contribution >= 4 is 33.2 Å². The summed E-state index contributed by atoms with van der Waals surface area (Å²) in [7, 11) is -3.54. The predicted octanol–water partition coefficient (Wildman–Crippen LogP) is 3.60. The van der Waals surface area contributed by atoms with Gasteiger partial charge in [0.1, 0.15) is 0 Å². The number of carbonyl (C=O) groups is 1. The van der Waals surface area contributed by atoms with E-state index in [0.29, 0.717) is 17.3 Å². The van der Waals surface area contributed by atoms with Crippen LogP contribution in [0.15, 0.2) is 53.4 Å². The molecular weight excluding hydrogens is 360 g/mol. The van der Waals surface area contributed by atoms with Crippen molar-refractivity contribution < 1.29 is 13.2 Å². The number of anilines is 1. The molecule has 1 amide bonds. The lowest BCUT2D eigenvalue weighted by molar-refractivity contribution is -0.114. The fourth-order valence-corrected chi connectivity index (χ4v) is 3.64. The summed E-state index contributed by atoms with van der Waals surface area (Å²) in [5, 5.41) is 3.31. The maximum absolute atomic E-state index is 12.2. The Morgan fingerprint density at radius 1 is 1.08 bits per heavy atom. The minimum atomic E-state index is -3.54. The molecule has 2 N–H and O–H groups in total. The van der Waals surface area contributed by atoms with Crippen LogP contribution >= 0.6 is 11.6 Å². The van der Waals surface area contributed by atoms with E-state index in [4.69, 9.17) is 11.6 Å². The Hall–Kier alpha value is -1.89. The van der Waals surface area contributed by atoms with E-state index in [9.17, 15) is 13.2 Å². The Morgan fingerprint density at radius 3 is 2.44 bits per heavy atom. The second-order valence-electron chi connectivity index (χ2n) is 5.69. The second-order valence-corrected chi connectivity index (χ2v) is 7.89. The fourth-order valence-electron chi connectivity index (χ4n) is 2.36. The molecule has 0 spiro atoms. The summed E-state index contributed by atoms with van der Waals surface area (Å²) in [5.74, 6) is -0.201. The number of rotatable bonds is 8. The zero-order valence-corrected chi connectivity index (χ0v) is 15.5. The van der Waals surface area contributed by atoms with Crippen molar-refractivity contribution in [2.75, 3.05) is 11.9 Å². The molecule has 7 heteroatoms. The zero-order valence-electron chi connectivity index (χ0n) is 14.0. The minimum Gasteiger partial charge on any atom is -0.326 e. The summed E-state index contributed by atoms with van der Waals surface area (Å²) in [6.45, 7) is 1.77. The first-order valence-corrected chi connectivity index (χ1v) is 9.85. The van der Waals surface area contributed by atoms with Crippen LogP contribution in [0.2, 0.25) is 5.02 Å². The summed E-state index contributed by atoms with van der Waals surface area (Å²) in [5.41, 5.74) is 1.71. The molecular formula is C18H21ClN2O3S. The molecule has 0 aliphatic rings. The zero-order chi connectivity index (χ0) is 18.3. The molecule has 0 aliphatic heterocycles. The Morgan fingerprint density at radius 2 is 1.80 bits per heavy atom. The first-order chi connectivity index (χ1) is 11.9. The molecule has 5 nitrogen and oxygen atoms in total. The molecule has 0 fully saturated rings. The van der Waals surface area contributed by atoms with Gasteiger partial charge < -0.3 is 5.32 Å². The van der Waals surface area contributed by atoms with E-state index in [0.717, 1.165) is 24.8 Å². The van der Waals surface area contributed by atoms with Crippen molar-refractivity contribution in [2.45, 2.75) is 31.1 Å². The Bertz CT molecular complexity index is 820. The van der Waals surface area contributed by atoms with Crippen LogP contribution in [0.25, 0.3) is 0 Å². The van der Waals surface area contributed by atoms with E-state index in [2.05, 4.69) is 10.0 Å². The molecule has 0 saturated carbocycles. The van der Waals surface area contributed by atoms with Crippen LogP contribution in [-0.2, 0) is 21.2 Å². The van der Waals surface area contributed by atoms with Gasteiger partial charge in [0.2, 0.25) is 15.9 Å². The number of aryl methyl sites for hydroxylation is 1. The molecule has 2 rings (SSSR count). The van der Waals surface area contributed by atoms with Crippen LogP contribution in [0.1, 0.15) is 25.3 Å². The second kappa shape index (κ2) is 8.99. The molecule has 0 heterocycles. The van der Waals surface area contributed by atoms with Crippen molar-refractivity contribution in [3.05, 3.63) is 59.1 Å². The SMILES string of the molecule is CC(=O)Nc1ccc(S(=O)(=O)NCCCCc2cccc(Cl)c2)cc1. The Kier molecular flexibility index (Phi) is 6.99. The van der Waals surface area contributed by atoms with Gasteiger partial charge >= 0.3 is 0 Å². The Balaban J connectivity index is 1.80. The van der Waals surface area contributed by atoms with E-state index in [-0.39, 0.29) is 10.8 Å². The summed E-state index contributed by atoms with van der Waals surface area (Å²) in [4.78, 5) is 11.1. The molecule has 0 atom stereocenters. The molecule has 0 bridgehead atoms. The standard InChI is InChI=1S/C18H21ClN2O3S/c1-14(22)21-17-8-10-18(11-9-17)25(23,24)20-12-3-2-5-15-6-4-7-16(19)13-15/h4,6-11,13,20H,2-3,5,12H2,1H3,(H,21,22). The highest BCUT2D eigenvalue weighted by Crippen LogP contribution is 2.15. The third kappa shape index (κ3) is 6.49. The largest absolute Gasteiger partial charge is 0.326 e.